The van der Waals surface area contributed by atoms with E-state index in [0.717, 1.165) is 24.2 Å². The van der Waals surface area contributed by atoms with E-state index in [2.05, 4.69) is 10.6 Å². The first-order chi connectivity index (χ1) is 8.83. The third-order valence-electron chi connectivity index (χ3n) is 4.37. The zero-order valence-corrected chi connectivity index (χ0v) is 10.1. The lowest BCUT2D eigenvalue weighted by Gasteiger charge is -2.08. The highest BCUT2D eigenvalue weighted by molar-refractivity contribution is 5.95. The summed E-state index contributed by atoms with van der Waals surface area (Å²) < 4.78 is 5.36. The Hall–Kier alpha value is -1.39. The third kappa shape index (κ3) is 1.56. The van der Waals surface area contributed by atoms with Gasteiger partial charge in [0.25, 0.3) is 5.91 Å². The molecule has 4 heteroatoms. The zero-order chi connectivity index (χ0) is 12.1. The highest BCUT2D eigenvalue weighted by Gasteiger charge is 2.53. The predicted molar refractivity (Wildman–Crippen MR) is 66.0 cm³/mol. The zero-order valence-electron chi connectivity index (χ0n) is 10.1. The molecule has 2 heterocycles. The molecule has 0 radical (unpaired) electrons. The molecule has 0 spiro atoms. The first-order valence-electron chi connectivity index (χ1n) is 6.54. The highest BCUT2D eigenvalue weighted by Crippen LogP contribution is 2.41. The van der Waals surface area contributed by atoms with E-state index in [-0.39, 0.29) is 5.91 Å². The fraction of sp³-hybridized carbons (Fsp3) is 0.500. The van der Waals surface area contributed by atoms with Crippen LogP contribution in [0.1, 0.15) is 21.5 Å². The number of benzene rings is 1. The fourth-order valence-electron chi connectivity index (χ4n) is 3.18. The molecule has 3 aliphatic rings. The second-order valence-electron chi connectivity index (χ2n) is 5.46. The summed E-state index contributed by atoms with van der Waals surface area (Å²) in [5.41, 5.74) is 3.12. The van der Waals surface area contributed by atoms with Crippen molar-refractivity contribution in [2.45, 2.75) is 19.3 Å². The Balaban J connectivity index is 1.48. The summed E-state index contributed by atoms with van der Waals surface area (Å²) in [4.78, 5) is 12.2. The summed E-state index contributed by atoms with van der Waals surface area (Å²) in [5.74, 6) is 1.38. The number of carbonyl (C=O) groups excluding carboxylic acids is 1. The van der Waals surface area contributed by atoms with Gasteiger partial charge < -0.3 is 15.4 Å². The molecule has 2 aliphatic heterocycles. The molecular formula is C14H16N2O2. The van der Waals surface area contributed by atoms with Crippen LogP contribution in [0.5, 0.6) is 0 Å². The lowest BCUT2D eigenvalue weighted by Crippen LogP contribution is -2.32. The van der Waals surface area contributed by atoms with Crippen LogP contribution in [0.2, 0.25) is 0 Å². The molecule has 2 N–H and O–H groups in total. The lowest BCUT2D eigenvalue weighted by molar-refractivity contribution is 0.0946. The number of hydrogen-bond acceptors (Lipinski definition) is 3. The molecule has 1 aliphatic carbocycles. The van der Waals surface area contributed by atoms with Crippen LogP contribution in [0.15, 0.2) is 18.2 Å². The number of nitrogens with one attached hydrogen (secondary N) is 2. The van der Waals surface area contributed by atoms with Crippen molar-refractivity contribution in [2.24, 2.45) is 11.8 Å². The summed E-state index contributed by atoms with van der Waals surface area (Å²) in [6.07, 6.45) is 0. The van der Waals surface area contributed by atoms with Crippen LogP contribution < -0.4 is 10.6 Å². The summed E-state index contributed by atoms with van der Waals surface area (Å²) in [7, 11) is 0. The predicted octanol–water partition coefficient (Wildman–Crippen LogP) is 0.664. The topological polar surface area (TPSA) is 50.4 Å². The van der Waals surface area contributed by atoms with E-state index in [1.165, 1.54) is 5.56 Å². The van der Waals surface area contributed by atoms with Crippen molar-refractivity contribution in [3.8, 4) is 0 Å². The molecule has 2 unspecified atom stereocenters. The minimum absolute atomic E-state index is 0.0594. The highest BCUT2D eigenvalue weighted by atomic mass is 16.5. The number of ether oxygens (including phenoxy) is 1. The van der Waals surface area contributed by atoms with Crippen molar-refractivity contribution in [1.29, 1.82) is 0 Å². The number of carbonyl (C=O) groups is 1. The summed E-state index contributed by atoms with van der Waals surface area (Å²) in [6.45, 7) is 3.41. The van der Waals surface area contributed by atoms with Gasteiger partial charge in [-0.1, -0.05) is 6.07 Å². The van der Waals surface area contributed by atoms with E-state index in [1.807, 2.05) is 18.2 Å². The van der Waals surface area contributed by atoms with E-state index in [4.69, 9.17) is 4.74 Å². The van der Waals surface area contributed by atoms with Crippen LogP contribution in [-0.2, 0) is 18.0 Å². The molecule has 1 saturated heterocycles. The van der Waals surface area contributed by atoms with Gasteiger partial charge in [-0.3, -0.25) is 4.79 Å². The molecule has 4 nitrogen and oxygen atoms in total. The van der Waals surface area contributed by atoms with E-state index in [0.29, 0.717) is 31.1 Å². The summed E-state index contributed by atoms with van der Waals surface area (Å²) in [5, 5.41) is 6.47. The summed E-state index contributed by atoms with van der Waals surface area (Å²) >= 11 is 0. The molecule has 94 valence electrons. The van der Waals surface area contributed by atoms with Gasteiger partial charge in [-0.2, -0.15) is 0 Å². The van der Waals surface area contributed by atoms with Gasteiger partial charge in [-0.15, -0.1) is 0 Å². The monoisotopic (exact) mass is 244 g/mol. The first kappa shape index (κ1) is 10.5. The van der Waals surface area contributed by atoms with E-state index < -0.39 is 0 Å². The average molecular weight is 244 g/mol. The largest absolute Gasteiger partial charge is 0.372 e. The SMILES string of the molecule is O=C(NC1C2CNCC21)c1ccc2c(c1)COC2. The minimum atomic E-state index is 0.0594. The number of piperidine rings is 1. The molecule has 0 aromatic heterocycles. The van der Waals surface area contributed by atoms with Gasteiger partial charge >= 0.3 is 0 Å². The molecule has 1 aromatic carbocycles. The minimum Gasteiger partial charge on any atom is -0.372 e. The standard InChI is InChI=1S/C14H16N2O2/c17-14(16-13-11-4-15-5-12(11)13)8-1-2-9-6-18-7-10(9)3-8/h1-3,11-13,15H,4-7H2,(H,16,17). The Morgan fingerprint density at radius 3 is 2.83 bits per heavy atom. The second-order valence-corrected chi connectivity index (χ2v) is 5.46. The normalized spacial score (nSPS) is 31.9. The van der Waals surface area contributed by atoms with Crippen molar-refractivity contribution in [1.82, 2.24) is 10.6 Å². The Kier molecular flexibility index (Phi) is 2.22. The maximum atomic E-state index is 12.2. The molecule has 1 aromatic rings. The Labute approximate surface area is 106 Å². The lowest BCUT2D eigenvalue weighted by atomic mass is 10.1. The van der Waals surface area contributed by atoms with Crippen LogP contribution >= 0.6 is 0 Å². The maximum Gasteiger partial charge on any atom is 0.251 e. The van der Waals surface area contributed by atoms with Crippen molar-refractivity contribution in [2.75, 3.05) is 13.1 Å². The Morgan fingerprint density at radius 2 is 2.00 bits per heavy atom. The van der Waals surface area contributed by atoms with E-state index in [9.17, 15) is 4.79 Å². The number of fused-ring (bicyclic) bond motifs is 2. The first-order valence-corrected chi connectivity index (χ1v) is 6.54. The molecule has 1 saturated carbocycles. The molecule has 2 atom stereocenters. The molecule has 2 fully saturated rings. The smallest absolute Gasteiger partial charge is 0.251 e. The van der Waals surface area contributed by atoms with Gasteiger partial charge in [0.2, 0.25) is 0 Å². The van der Waals surface area contributed by atoms with Crippen LogP contribution in [0, 0.1) is 11.8 Å². The molecule has 0 bridgehead atoms. The van der Waals surface area contributed by atoms with Crippen molar-refractivity contribution < 1.29 is 9.53 Å². The van der Waals surface area contributed by atoms with Gasteiger partial charge in [-0.05, 0) is 35.1 Å². The molecule has 1 amide bonds. The molecular weight excluding hydrogens is 228 g/mol. The van der Waals surface area contributed by atoms with Gasteiger partial charge in [0.1, 0.15) is 0 Å². The van der Waals surface area contributed by atoms with Crippen molar-refractivity contribution >= 4 is 5.91 Å². The molecule has 18 heavy (non-hydrogen) atoms. The second kappa shape index (κ2) is 3.80. The average Bonchev–Trinajstić information content (AvgIpc) is 2.82. The van der Waals surface area contributed by atoms with Gasteiger partial charge in [0.05, 0.1) is 13.2 Å². The quantitative estimate of drug-likeness (QED) is 0.803. The summed E-state index contributed by atoms with van der Waals surface area (Å²) in [6, 6.07) is 6.27. The van der Waals surface area contributed by atoms with E-state index >= 15 is 0 Å². The number of hydrogen-bond donors (Lipinski definition) is 2. The van der Waals surface area contributed by atoms with Crippen molar-refractivity contribution in [3.63, 3.8) is 0 Å². The van der Waals surface area contributed by atoms with Crippen LogP contribution in [0.4, 0.5) is 0 Å². The number of amides is 1. The Morgan fingerprint density at radius 1 is 1.22 bits per heavy atom. The van der Waals surface area contributed by atoms with Gasteiger partial charge in [0.15, 0.2) is 0 Å². The Bertz CT molecular complexity index is 505. The van der Waals surface area contributed by atoms with Crippen LogP contribution in [0.25, 0.3) is 0 Å². The third-order valence-corrected chi connectivity index (χ3v) is 4.37. The van der Waals surface area contributed by atoms with Crippen LogP contribution in [0.3, 0.4) is 0 Å². The fourth-order valence-corrected chi connectivity index (χ4v) is 3.18. The van der Waals surface area contributed by atoms with E-state index in [1.54, 1.807) is 0 Å². The molecule has 4 rings (SSSR count). The van der Waals surface area contributed by atoms with Gasteiger partial charge in [-0.25, -0.2) is 0 Å². The maximum absolute atomic E-state index is 12.2. The number of rotatable bonds is 2. The van der Waals surface area contributed by atoms with Crippen molar-refractivity contribution in [3.05, 3.63) is 34.9 Å². The van der Waals surface area contributed by atoms with Gasteiger partial charge in [0, 0.05) is 24.7 Å². The van der Waals surface area contributed by atoms with Crippen LogP contribution in [-0.4, -0.2) is 25.0 Å².